The van der Waals surface area contributed by atoms with Gasteiger partial charge in [0.25, 0.3) is 5.91 Å². The van der Waals surface area contributed by atoms with Gasteiger partial charge in [-0.2, -0.15) is 0 Å². The predicted octanol–water partition coefficient (Wildman–Crippen LogP) is 3.34. The minimum Gasteiger partial charge on any atom is -0.491 e. The number of imidazole rings is 1. The van der Waals surface area contributed by atoms with Crippen LogP contribution in [0.15, 0.2) is 59.7 Å². The van der Waals surface area contributed by atoms with Crippen molar-refractivity contribution in [1.29, 1.82) is 0 Å². The van der Waals surface area contributed by atoms with Crippen LogP contribution >= 0.6 is 0 Å². The zero-order chi connectivity index (χ0) is 17.5. The van der Waals surface area contributed by atoms with E-state index in [1.807, 2.05) is 16.7 Å². The van der Waals surface area contributed by atoms with Crippen LogP contribution in [-0.2, 0) is 6.54 Å². The average molecular weight is 346 g/mol. The molecule has 7 nitrogen and oxygen atoms in total. The van der Waals surface area contributed by atoms with E-state index in [-0.39, 0.29) is 5.91 Å². The van der Waals surface area contributed by atoms with E-state index in [9.17, 15) is 4.79 Å². The lowest BCUT2D eigenvalue weighted by Gasteiger charge is -2.10. The van der Waals surface area contributed by atoms with Gasteiger partial charge in [-0.15, -0.1) is 0 Å². The minimum atomic E-state index is -0.207. The predicted molar refractivity (Wildman–Crippen MR) is 95.1 cm³/mol. The first-order chi connectivity index (χ1) is 12.8. The molecule has 0 saturated carbocycles. The topological polar surface area (TPSA) is 82.2 Å². The molecule has 1 amide bonds. The van der Waals surface area contributed by atoms with Gasteiger partial charge in [0.2, 0.25) is 0 Å². The van der Waals surface area contributed by atoms with Gasteiger partial charge >= 0.3 is 0 Å². The highest BCUT2D eigenvalue weighted by Crippen LogP contribution is 2.33. The normalized spacial score (nSPS) is 12.8. The first-order valence-electron chi connectivity index (χ1n) is 8.20. The molecule has 1 N–H and O–H groups in total. The molecule has 0 radical (unpaired) electrons. The Morgan fingerprint density at radius 3 is 3.12 bits per heavy atom. The van der Waals surface area contributed by atoms with E-state index in [0.717, 1.165) is 29.1 Å². The Bertz CT molecular complexity index is 1130. The van der Waals surface area contributed by atoms with Gasteiger partial charge in [0.1, 0.15) is 17.9 Å². The lowest BCUT2D eigenvalue weighted by molar-refractivity contribution is 0.102. The monoisotopic (exact) mass is 346 g/mol. The van der Waals surface area contributed by atoms with Crippen LogP contribution in [0, 0.1) is 0 Å². The van der Waals surface area contributed by atoms with Crippen molar-refractivity contribution < 1.29 is 13.9 Å². The van der Waals surface area contributed by atoms with Crippen molar-refractivity contribution in [3.8, 4) is 17.0 Å². The Kier molecular flexibility index (Phi) is 3.24. The summed E-state index contributed by atoms with van der Waals surface area (Å²) in [4.78, 5) is 21.0. The summed E-state index contributed by atoms with van der Waals surface area (Å²) in [6.45, 7) is 1.29. The fourth-order valence-electron chi connectivity index (χ4n) is 3.11. The highest BCUT2D eigenvalue weighted by Gasteiger charge is 2.18. The Hall–Kier alpha value is -3.61. The Balaban J connectivity index is 1.48. The van der Waals surface area contributed by atoms with Crippen LogP contribution in [0.4, 0.5) is 5.69 Å². The summed E-state index contributed by atoms with van der Waals surface area (Å²) >= 11 is 0. The lowest BCUT2D eigenvalue weighted by atomic mass is 10.1. The summed E-state index contributed by atoms with van der Waals surface area (Å²) in [5.74, 6) is 0.547. The molecule has 2 aromatic carbocycles. The van der Waals surface area contributed by atoms with Crippen molar-refractivity contribution in [2.75, 3.05) is 11.9 Å². The lowest BCUT2D eigenvalue weighted by Crippen LogP contribution is -2.12. The van der Waals surface area contributed by atoms with E-state index < -0.39 is 0 Å². The van der Waals surface area contributed by atoms with Crippen molar-refractivity contribution in [3.05, 3.63) is 60.9 Å². The van der Waals surface area contributed by atoms with Crippen LogP contribution in [0.2, 0.25) is 0 Å². The molecule has 0 unspecified atom stereocenters. The molecule has 0 bridgehead atoms. The number of nitrogens with one attached hydrogen (secondary N) is 1. The van der Waals surface area contributed by atoms with Gasteiger partial charge < -0.3 is 19.0 Å². The number of ether oxygens (including phenoxy) is 1. The number of carbonyl (C=O) groups excluding carboxylic acids is 1. The SMILES string of the molecule is O=C(Nc1ccc2ncoc2c1)c1ccc2c(c1)-c1cncn1CCO2. The molecule has 4 aromatic rings. The fraction of sp³-hybridized carbons (Fsp3) is 0.105. The van der Waals surface area contributed by atoms with Crippen LogP contribution < -0.4 is 10.1 Å². The number of fused-ring (bicyclic) bond motifs is 4. The van der Waals surface area contributed by atoms with Crippen LogP contribution in [-0.4, -0.2) is 27.0 Å². The first-order valence-corrected chi connectivity index (χ1v) is 8.20. The number of nitrogens with zero attached hydrogens (tertiary/aromatic N) is 3. The number of amides is 1. The third kappa shape index (κ3) is 2.41. The van der Waals surface area contributed by atoms with Crippen molar-refractivity contribution in [3.63, 3.8) is 0 Å². The second-order valence-electron chi connectivity index (χ2n) is 6.02. The van der Waals surface area contributed by atoms with Gasteiger partial charge in [0, 0.05) is 22.9 Å². The second-order valence-corrected chi connectivity index (χ2v) is 6.02. The van der Waals surface area contributed by atoms with Crippen molar-refractivity contribution >= 4 is 22.7 Å². The summed E-state index contributed by atoms with van der Waals surface area (Å²) in [5, 5.41) is 2.89. The number of anilines is 1. The molecule has 1 aliphatic heterocycles. The van der Waals surface area contributed by atoms with Crippen LogP contribution in [0.25, 0.3) is 22.4 Å². The van der Waals surface area contributed by atoms with Gasteiger partial charge in [0.05, 0.1) is 24.8 Å². The molecule has 7 heteroatoms. The van der Waals surface area contributed by atoms with Crippen molar-refractivity contribution in [2.45, 2.75) is 6.54 Å². The number of carbonyl (C=O) groups is 1. The highest BCUT2D eigenvalue weighted by molar-refractivity contribution is 6.05. The summed E-state index contributed by atoms with van der Waals surface area (Å²) in [5.41, 5.74) is 4.36. The van der Waals surface area contributed by atoms with E-state index in [2.05, 4.69) is 15.3 Å². The molecule has 0 spiro atoms. The van der Waals surface area contributed by atoms with E-state index in [0.29, 0.717) is 23.4 Å². The summed E-state index contributed by atoms with van der Waals surface area (Å²) in [6, 6.07) is 10.8. The summed E-state index contributed by atoms with van der Waals surface area (Å²) in [7, 11) is 0. The van der Waals surface area contributed by atoms with Crippen LogP contribution in [0.3, 0.4) is 0 Å². The van der Waals surface area contributed by atoms with Crippen molar-refractivity contribution in [2.24, 2.45) is 0 Å². The standard InChI is InChI=1S/C19H14N4O3/c24-19(22-13-2-3-15-18(8-13)26-11-21-15)12-1-4-17-14(7-12)16-9-20-10-23(16)5-6-25-17/h1-4,7-11H,5-6H2,(H,22,24). The summed E-state index contributed by atoms with van der Waals surface area (Å²) in [6.07, 6.45) is 4.94. The molecule has 3 heterocycles. The number of hydrogen-bond acceptors (Lipinski definition) is 5. The maximum Gasteiger partial charge on any atom is 0.255 e. The largest absolute Gasteiger partial charge is 0.491 e. The molecule has 0 aliphatic carbocycles. The Labute approximate surface area is 148 Å². The second kappa shape index (κ2) is 5.73. The maximum absolute atomic E-state index is 12.7. The number of oxazole rings is 1. The smallest absolute Gasteiger partial charge is 0.255 e. The first kappa shape index (κ1) is 14.7. The van der Waals surface area contributed by atoms with Crippen molar-refractivity contribution in [1.82, 2.24) is 14.5 Å². The molecule has 128 valence electrons. The molecule has 1 aliphatic rings. The third-order valence-corrected chi connectivity index (χ3v) is 4.41. The summed E-state index contributed by atoms with van der Waals surface area (Å²) < 4.78 is 13.1. The molecular weight excluding hydrogens is 332 g/mol. The minimum absolute atomic E-state index is 0.207. The molecular formula is C19H14N4O3. The van der Waals surface area contributed by atoms with E-state index in [1.165, 1.54) is 6.39 Å². The molecule has 5 rings (SSSR count). The quantitative estimate of drug-likeness (QED) is 0.602. The fourth-order valence-corrected chi connectivity index (χ4v) is 3.11. The molecule has 0 atom stereocenters. The molecule has 2 aromatic heterocycles. The van der Waals surface area contributed by atoms with Crippen LogP contribution in [0.1, 0.15) is 10.4 Å². The zero-order valence-electron chi connectivity index (χ0n) is 13.7. The average Bonchev–Trinajstić information content (AvgIpc) is 3.27. The number of hydrogen-bond donors (Lipinski definition) is 1. The zero-order valence-corrected chi connectivity index (χ0v) is 13.7. The molecule has 26 heavy (non-hydrogen) atoms. The van der Waals surface area contributed by atoms with Gasteiger partial charge in [-0.05, 0) is 30.3 Å². The van der Waals surface area contributed by atoms with E-state index in [1.54, 1.807) is 36.8 Å². The van der Waals surface area contributed by atoms with Crippen LogP contribution in [0.5, 0.6) is 5.75 Å². The highest BCUT2D eigenvalue weighted by atomic mass is 16.5. The van der Waals surface area contributed by atoms with Gasteiger partial charge in [-0.1, -0.05) is 0 Å². The van der Waals surface area contributed by atoms with Gasteiger partial charge in [-0.3, -0.25) is 4.79 Å². The molecule has 0 fully saturated rings. The van der Waals surface area contributed by atoms with Gasteiger partial charge in [-0.25, -0.2) is 9.97 Å². The number of aromatic nitrogens is 3. The third-order valence-electron chi connectivity index (χ3n) is 4.41. The van der Waals surface area contributed by atoms with E-state index in [4.69, 9.17) is 9.15 Å². The number of benzene rings is 2. The molecule has 0 saturated heterocycles. The maximum atomic E-state index is 12.7. The number of rotatable bonds is 2. The Morgan fingerprint density at radius 1 is 1.19 bits per heavy atom. The Morgan fingerprint density at radius 2 is 2.15 bits per heavy atom. The van der Waals surface area contributed by atoms with E-state index >= 15 is 0 Å². The van der Waals surface area contributed by atoms with Gasteiger partial charge in [0.15, 0.2) is 12.0 Å².